The highest BCUT2D eigenvalue weighted by Crippen LogP contribution is 2.36. The zero-order valence-corrected chi connectivity index (χ0v) is 18.8. The summed E-state index contributed by atoms with van der Waals surface area (Å²) in [5.74, 6) is 0.656. The van der Waals surface area contributed by atoms with E-state index in [1.807, 2.05) is 37.3 Å². The van der Waals surface area contributed by atoms with Crippen LogP contribution in [0.5, 0.6) is 5.75 Å². The predicted octanol–water partition coefficient (Wildman–Crippen LogP) is 3.46. The minimum atomic E-state index is -0.193. The van der Waals surface area contributed by atoms with Gasteiger partial charge in [-0.3, -0.25) is 14.2 Å². The third kappa shape index (κ3) is 4.45. The molecule has 1 aliphatic carbocycles. The van der Waals surface area contributed by atoms with Gasteiger partial charge in [0.15, 0.2) is 5.16 Å². The molecule has 0 fully saturated rings. The van der Waals surface area contributed by atoms with Crippen molar-refractivity contribution >= 4 is 39.2 Å². The summed E-state index contributed by atoms with van der Waals surface area (Å²) in [5.41, 5.74) is 1.72. The summed E-state index contributed by atoms with van der Waals surface area (Å²) in [5, 5.41) is 12.5. The summed E-state index contributed by atoms with van der Waals surface area (Å²) in [6, 6.07) is 9.33. The largest absolute Gasteiger partial charge is 0.494 e. The number of aromatic nitrogens is 2. The predicted molar refractivity (Wildman–Crippen MR) is 122 cm³/mol. The molecule has 0 saturated carbocycles. The topological polar surface area (TPSA) is 97.0 Å². The van der Waals surface area contributed by atoms with Crippen LogP contribution in [-0.4, -0.2) is 34.4 Å². The van der Waals surface area contributed by atoms with Gasteiger partial charge in [-0.2, -0.15) is 5.26 Å². The van der Waals surface area contributed by atoms with Gasteiger partial charge < -0.3 is 10.1 Å². The third-order valence-corrected chi connectivity index (χ3v) is 7.13. The van der Waals surface area contributed by atoms with Gasteiger partial charge in [0, 0.05) is 11.4 Å². The molecule has 0 unspecified atom stereocenters. The van der Waals surface area contributed by atoms with Crippen molar-refractivity contribution in [2.45, 2.75) is 37.8 Å². The van der Waals surface area contributed by atoms with Crippen LogP contribution in [0.4, 0.5) is 0 Å². The first-order valence-electron chi connectivity index (χ1n) is 10.2. The lowest BCUT2D eigenvalue weighted by molar-refractivity contribution is -0.118. The molecule has 7 nitrogen and oxygen atoms in total. The van der Waals surface area contributed by atoms with Crippen molar-refractivity contribution < 1.29 is 9.53 Å². The van der Waals surface area contributed by atoms with Gasteiger partial charge in [-0.15, -0.1) is 11.3 Å². The van der Waals surface area contributed by atoms with E-state index in [4.69, 9.17) is 15.0 Å². The first kappa shape index (κ1) is 21.4. The summed E-state index contributed by atoms with van der Waals surface area (Å²) >= 11 is 2.81. The number of nitrogens with one attached hydrogen (secondary N) is 1. The SMILES string of the molecule is CCOc1ccc(-n2c(SCC(=O)NCCC#N)nc3sc4c(c3c2=O)CCC4)cc1. The Morgan fingerprint density at radius 2 is 2.16 bits per heavy atom. The fourth-order valence-electron chi connectivity index (χ4n) is 3.65. The van der Waals surface area contributed by atoms with Crippen LogP contribution in [-0.2, 0) is 17.6 Å². The van der Waals surface area contributed by atoms with Crippen molar-refractivity contribution in [2.24, 2.45) is 0 Å². The van der Waals surface area contributed by atoms with Crippen molar-refractivity contribution in [3.05, 3.63) is 45.1 Å². The molecule has 1 amide bonds. The number of benzene rings is 1. The molecule has 0 radical (unpaired) electrons. The molecule has 2 heterocycles. The Balaban J connectivity index is 1.73. The first-order valence-corrected chi connectivity index (χ1v) is 12.0. The van der Waals surface area contributed by atoms with Crippen LogP contribution in [0.3, 0.4) is 0 Å². The van der Waals surface area contributed by atoms with Gasteiger partial charge >= 0.3 is 0 Å². The summed E-state index contributed by atoms with van der Waals surface area (Å²) in [4.78, 5) is 32.5. The number of hydrogen-bond donors (Lipinski definition) is 1. The fraction of sp³-hybridized carbons (Fsp3) is 0.364. The van der Waals surface area contributed by atoms with Gasteiger partial charge in [0.25, 0.3) is 5.56 Å². The van der Waals surface area contributed by atoms with E-state index in [9.17, 15) is 9.59 Å². The molecular weight excluding hydrogens is 432 g/mol. The number of thiophene rings is 1. The average molecular weight is 455 g/mol. The Bertz CT molecular complexity index is 1210. The molecule has 9 heteroatoms. The van der Waals surface area contributed by atoms with Crippen LogP contribution in [0.25, 0.3) is 15.9 Å². The maximum atomic E-state index is 13.6. The molecule has 0 atom stereocenters. The van der Waals surface area contributed by atoms with E-state index in [2.05, 4.69) is 5.32 Å². The standard InChI is InChI=1S/C22H22N4O3S2/c1-2-29-15-9-7-14(8-10-15)26-21(28)19-16-5-3-6-17(16)31-20(19)25-22(26)30-13-18(27)24-12-4-11-23/h7-10H,2-6,12-13H2,1H3,(H,24,27). The summed E-state index contributed by atoms with van der Waals surface area (Å²) in [6.07, 6.45) is 3.23. The Hall–Kier alpha value is -2.83. The molecule has 4 rings (SSSR count). The molecule has 1 N–H and O–H groups in total. The number of ether oxygens (including phenoxy) is 1. The Morgan fingerprint density at radius 1 is 1.35 bits per heavy atom. The normalized spacial score (nSPS) is 12.5. The number of aryl methyl sites for hydroxylation is 2. The maximum absolute atomic E-state index is 13.6. The molecule has 160 valence electrons. The summed E-state index contributed by atoms with van der Waals surface area (Å²) < 4.78 is 7.11. The second kappa shape index (κ2) is 9.54. The van der Waals surface area contributed by atoms with Gasteiger partial charge in [-0.1, -0.05) is 11.8 Å². The van der Waals surface area contributed by atoms with Gasteiger partial charge in [-0.25, -0.2) is 4.98 Å². The van der Waals surface area contributed by atoms with Crippen molar-refractivity contribution in [1.82, 2.24) is 14.9 Å². The molecular formula is C22H22N4O3S2. The Morgan fingerprint density at radius 3 is 2.90 bits per heavy atom. The number of hydrogen-bond acceptors (Lipinski definition) is 7. The quantitative estimate of drug-likeness (QED) is 0.318. The maximum Gasteiger partial charge on any atom is 0.267 e. The second-order valence-electron chi connectivity index (χ2n) is 7.05. The zero-order chi connectivity index (χ0) is 21.8. The van der Waals surface area contributed by atoms with Gasteiger partial charge in [-0.05, 0) is 56.0 Å². The monoisotopic (exact) mass is 454 g/mol. The number of thioether (sulfide) groups is 1. The Labute approximate surface area is 188 Å². The van der Waals surface area contributed by atoms with E-state index >= 15 is 0 Å². The van der Waals surface area contributed by atoms with E-state index in [1.165, 1.54) is 16.6 Å². The highest BCUT2D eigenvalue weighted by Gasteiger charge is 2.24. The van der Waals surface area contributed by atoms with Gasteiger partial charge in [0.2, 0.25) is 5.91 Å². The number of nitrogens with zero attached hydrogens (tertiary/aromatic N) is 3. The highest BCUT2D eigenvalue weighted by atomic mass is 32.2. The second-order valence-corrected chi connectivity index (χ2v) is 9.07. The number of fused-ring (bicyclic) bond motifs is 3. The van der Waals surface area contributed by atoms with E-state index in [-0.39, 0.29) is 23.6 Å². The van der Waals surface area contributed by atoms with Crippen molar-refractivity contribution in [2.75, 3.05) is 18.9 Å². The van der Waals surface area contributed by atoms with E-state index in [0.717, 1.165) is 35.4 Å². The lowest BCUT2D eigenvalue weighted by Gasteiger charge is -2.13. The van der Waals surface area contributed by atoms with Gasteiger partial charge in [0.05, 0.1) is 35.9 Å². The van der Waals surface area contributed by atoms with Crippen molar-refractivity contribution in [3.8, 4) is 17.5 Å². The molecule has 2 aromatic heterocycles. The molecule has 0 aliphatic heterocycles. The fourth-order valence-corrected chi connectivity index (χ4v) is 5.79. The first-order chi connectivity index (χ1) is 15.1. The van der Waals surface area contributed by atoms with Gasteiger partial charge in [0.1, 0.15) is 10.6 Å². The van der Waals surface area contributed by atoms with Crippen LogP contribution < -0.4 is 15.6 Å². The highest BCUT2D eigenvalue weighted by molar-refractivity contribution is 7.99. The smallest absolute Gasteiger partial charge is 0.267 e. The molecule has 3 aromatic rings. The van der Waals surface area contributed by atoms with Crippen LogP contribution >= 0.6 is 23.1 Å². The molecule has 1 aliphatic rings. The zero-order valence-electron chi connectivity index (χ0n) is 17.1. The number of amides is 1. The summed E-state index contributed by atoms with van der Waals surface area (Å²) in [6.45, 7) is 2.80. The van der Waals surface area contributed by atoms with Crippen molar-refractivity contribution in [1.29, 1.82) is 5.26 Å². The lowest BCUT2D eigenvalue weighted by Crippen LogP contribution is -2.27. The van der Waals surface area contributed by atoms with E-state index in [0.29, 0.717) is 29.4 Å². The minimum Gasteiger partial charge on any atom is -0.494 e. The lowest BCUT2D eigenvalue weighted by atomic mass is 10.2. The molecule has 0 spiro atoms. The molecule has 0 bridgehead atoms. The summed E-state index contributed by atoms with van der Waals surface area (Å²) in [7, 11) is 0. The number of carbonyl (C=O) groups is 1. The molecule has 0 saturated heterocycles. The Kier molecular flexibility index (Phi) is 6.59. The minimum absolute atomic E-state index is 0.0963. The van der Waals surface area contributed by atoms with Crippen molar-refractivity contribution in [3.63, 3.8) is 0 Å². The number of carbonyl (C=O) groups excluding carboxylic acids is 1. The number of rotatable bonds is 8. The van der Waals surface area contributed by atoms with E-state index in [1.54, 1.807) is 15.9 Å². The van der Waals surface area contributed by atoms with Crippen LogP contribution in [0.15, 0.2) is 34.2 Å². The molecule has 1 aromatic carbocycles. The average Bonchev–Trinajstić information content (AvgIpc) is 3.34. The molecule has 31 heavy (non-hydrogen) atoms. The van der Waals surface area contributed by atoms with Crippen LogP contribution in [0.2, 0.25) is 0 Å². The van der Waals surface area contributed by atoms with Crippen LogP contribution in [0.1, 0.15) is 30.2 Å². The van der Waals surface area contributed by atoms with E-state index < -0.39 is 0 Å². The number of nitriles is 1. The third-order valence-electron chi connectivity index (χ3n) is 5.01. The van der Waals surface area contributed by atoms with Crippen LogP contribution in [0, 0.1) is 11.3 Å².